The van der Waals surface area contributed by atoms with Gasteiger partial charge in [0.05, 0.1) is 0 Å². The Morgan fingerprint density at radius 2 is 1.48 bits per heavy atom. The van der Waals surface area contributed by atoms with Crippen molar-refractivity contribution in [3.8, 4) is 0 Å². The van der Waals surface area contributed by atoms with Crippen molar-refractivity contribution >= 4 is 23.9 Å². The monoisotopic (exact) mass is 400 g/mol. The fourth-order valence-electron chi connectivity index (χ4n) is 2.03. The second-order valence-corrected chi connectivity index (χ2v) is 12.3. The molecule has 0 heterocycles. The molecule has 2 aromatic carbocycles. The molecule has 21 heavy (non-hydrogen) atoms. The molecule has 0 spiro atoms. The molecule has 0 amide bonds. The summed E-state index contributed by atoms with van der Waals surface area (Å²) in [4.78, 5) is 13.6. The fourth-order valence-corrected chi connectivity index (χ4v) is 3.45. The van der Waals surface area contributed by atoms with Crippen molar-refractivity contribution in [2.45, 2.75) is 22.3 Å². The third kappa shape index (κ3) is 4.23. The predicted molar refractivity (Wildman–Crippen MR) is 82.4 cm³/mol. The zero-order valence-corrected chi connectivity index (χ0v) is 14.4. The van der Waals surface area contributed by atoms with E-state index in [0.29, 0.717) is 17.5 Å². The van der Waals surface area contributed by atoms with Crippen LogP contribution in [0.2, 0.25) is 8.94 Å². The zero-order chi connectivity index (χ0) is 15.5. The van der Waals surface area contributed by atoms with Crippen LogP contribution in [0.4, 0.5) is 0 Å². The first-order chi connectivity index (χ1) is 9.88. The predicted octanol–water partition coefficient (Wildman–Crippen LogP) is 3.78. The first-order valence-electron chi connectivity index (χ1n) is 6.75. The van der Waals surface area contributed by atoms with E-state index in [9.17, 15) is 11.0 Å². The maximum absolute atomic E-state index is 12.2. The van der Waals surface area contributed by atoms with E-state index in [2.05, 4.69) is 0 Å². The van der Waals surface area contributed by atoms with Gasteiger partial charge in [0, 0.05) is 0 Å². The Labute approximate surface area is 128 Å². The van der Waals surface area contributed by atoms with Crippen molar-refractivity contribution in [1.82, 2.24) is 0 Å². The zero-order valence-electron chi connectivity index (χ0n) is 12.1. The summed E-state index contributed by atoms with van der Waals surface area (Å²) < 4.78 is 22.8. The van der Waals surface area contributed by atoms with E-state index in [1.807, 2.05) is 30.3 Å². The molecular weight excluding hydrogens is 380 g/mol. The summed E-state index contributed by atoms with van der Waals surface area (Å²) in [6.07, 6.45) is 0.504. The molecule has 1 atom stereocenters. The van der Waals surface area contributed by atoms with Crippen LogP contribution in [0, 0.1) is 0 Å². The Balaban J connectivity index is 2.14. The van der Waals surface area contributed by atoms with Crippen molar-refractivity contribution in [3.63, 3.8) is 0 Å². The van der Waals surface area contributed by atoms with Crippen LogP contribution in [0.25, 0.3) is 0 Å². The van der Waals surface area contributed by atoms with E-state index in [-0.39, 0.29) is 9.75 Å². The van der Waals surface area contributed by atoms with Crippen LogP contribution < -0.4 is 0 Å². The molecule has 0 radical (unpaired) electrons. The SMILES string of the molecule is CC(Cc1ccc(C(=O)c2ccccc2)cc1)[Te](C)(=O)=O. The molecule has 0 saturated heterocycles. The van der Waals surface area contributed by atoms with Gasteiger partial charge in [-0.15, -0.1) is 0 Å². The number of carbonyl (C=O) groups excluding carboxylic acids is 1. The molecule has 2 aromatic rings. The van der Waals surface area contributed by atoms with Gasteiger partial charge in [-0.05, 0) is 0 Å². The van der Waals surface area contributed by atoms with Gasteiger partial charge in [0.2, 0.25) is 0 Å². The fraction of sp³-hybridized carbons (Fsp3) is 0.235. The Morgan fingerprint density at radius 1 is 0.952 bits per heavy atom. The first-order valence-corrected chi connectivity index (χ1v) is 12.3. The number of ketones is 1. The van der Waals surface area contributed by atoms with E-state index >= 15 is 0 Å². The summed E-state index contributed by atoms with van der Waals surface area (Å²) in [6, 6.07) is 16.3. The van der Waals surface area contributed by atoms with Crippen molar-refractivity contribution in [2.24, 2.45) is 0 Å². The molecule has 3 nitrogen and oxygen atoms in total. The number of hydrogen-bond acceptors (Lipinski definition) is 3. The van der Waals surface area contributed by atoms with Gasteiger partial charge in [0.25, 0.3) is 0 Å². The van der Waals surface area contributed by atoms with Gasteiger partial charge in [0.1, 0.15) is 0 Å². The van der Waals surface area contributed by atoms with Crippen LogP contribution >= 0.6 is 0 Å². The van der Waals surface area contributed by atoms with Gasteiger partial charge in [-0.2, -0.15) is 0 Å². The summed E-state index contributed by atoms with van der Waals surface area (Å²) in [6.45, 7) is 1.74. The van der Waals surface area contributed by atoms with E-state index < -0.39 is 18.1 Å². The summed E-state index contributed by atoms with van der Waals surface area (Å²) in [5.41, 5.74) is 2.21. The van der Waals surface area contributed by atoms with Crippen molar-refractivity contribution in [2.75, 3.05) is 0 Å². The van der Waals surface area contributed by atoms with Crippen LogP contribution in [0.3, 0.4) is 0 Å². The molecule has 0 aliphatic heterocycles. The molecule has 0 bridgehead atoms. The van der Waals surface area contributed by atoms with Gasteiger partial charge in [-0.25, -0.2) is 0 Å². The quantitative estimate of drug-likeness (QED) is 0.569. The minimum absolute atomic E-state index is 0.0227. The van der Waals surface area contributed by atoms with E-state index in [1.54, 1.807) is 31.2 Å². The molecule has 0 saturated carbocycles. The van der Waals surface area contributed by atoms with Crippen LogP contribution in [0.15, 0.2) is 54.6 Å². The van der Waals surface area contributed by atoms with Gasteiger partial charge in [0.15, 0.2) is 0 Å². The van der Waals surface area contributed by atoms with Crippen LogP contribution in [0.5, 0.6) is 0 Å². The minimum atomic E-state index is -4.11. The Kier molecular flexibility index (Phi) is 4.92. The Bertz CT molecular complexity index is 716. The summed E-state index contributed by atoms with van der Waals surface area (Å²) in [5.74, 6) is -0.0227. The Hall–Kier alpha value is -1.50. The van der Waals surface area contributed by atoms with Crippen LogP contribution in [0.1, 0.15) is 28.4 Å². The van der Waals surface area contributed by atoms with E-state index in [1.165, 1.54) is 4.97 Å². The van der Waals surface area contributed by atoms with Gasteiger partial charge in [-0.1, -0.05) is 0 Å². The van der Waals surface area contributed by atoms with Crippen LogP contribution in [-0.2, 0) is 12.6 Å². The number of hydrogen-bond donors (Lipinski definition) is 0. The summed E-state index contributed by atoms with van der Waals surface area (Å²) >= 11 is -4.11. The molecular formula is C17H18O3Te. The summed E-state index contributed by atoms with van der Waals surface area (Å²) in [7, 11) is 0. The molecule has 1 unspecified atom stereocenters. The van der Waals surface area contributed by atoms with E-state index in [4.69, 9.17) is 0 Å². The standard InChI is InChI=1S/C17H18O3Te/c1-13(21(2,19)20)12-14-8-10-16(11-9-14)17(18)15-6-4-3-5-7-15/h3-11,13H,12H2,1-2H3. The first kappa shape index (κ1) is 15.9. The molecule has 0 aromatic heterocycles. The summed E-state index contributed by atoms with van der Waals surface area (Å²) in [5, 5.41) is 0. The van der Waals surface area contributed by atoms with Gasteiger partial charge < -0.3 is 0 Å². The van der Waals surface area contributed by atoms with Crippen molar-refractivity contribution < 1.29 is 11.0 Å². The third-order valence-electron chi connectivity index (χ3n) is 3.51. The average molecular weight is 398 g/mol. The molecule has 4 heteroatoms. The molecule has 110 valence electrons. The third-order valence-corrected chi connectivity index (χ3v) is 8.15. The van der Waals surface area contributed by atoms with Crippen molar-refractivity contribution in [1.29, 1.82) is 0 Å². The molecule has 0 fully saturated rings. The normalized spacial score (nSPS) is 12.9. The van der Waals surface area contributed by atoms with Gasteiger partial charge in [-0.3, -0.25) is 0 Å². The molecule has 2 rings (SSSR count). The topological polar surface area (TPSA) is 51.2 Å². The Morgan fingerprint density at radius 3 is 2.00 bits per heavy atom. The van der Waals surface area contributed by atoms with Crippen LogP contribution in [-0.4, -0.2) is 23.9 Å². The molecule has 0 N–H and O–H groups in total. The van der Waals surface area contributed by atoms with Gasteiger partial charge >= 0.3 is 129 Å². The second-order valence-electron chi connectivity index (χ2n) is 5.24. The number of carbonyl (C=O) groups is 1. The maximum atomic E-state index is 12.2. The second kappa shape index (κ2) is 6.51. The molecule has 0 aliphatic rings. The number of rotatable bonds is 5. The molecule has 0 aliphatic carbocycles. The average Bonchev–Trinajstić information content (AvgIpc) is 2.47. The number of benzene rings is 2. The van der Waals surface area contributed by atoms with E-state index in [0.717, 1.165) is 5.56 Å². The van der Waals surface area contributed by atoms with Crippen molar-refractivity contribution in [3.05, 3.63) is 71.3 Å².